The summed E-state index contributed by atoms with van der Waals surface area (Å²) >= 11 is 2.37. The molecule has 0 saturated heterocycles. The van der Waals surface area contributed by atoms with Gasteiger partial charge in [-0.2, -0.15) is 26.3 Å². The molecular formula is C39H24F6N4S2+2. The Morgan fingerprint density at radius 2 is 0.922 bits per heavy atom. The second-order valence-electron chi connectivity index (χ2n) is 13.5. The second kappa shape index (κ2) is 9.80. The first kappa shape index (κ1) is 31.1. The number of pyridine rings is 4. The number of rotatable bonds is 2. The minimum Gasteiger partial charge on any atom is -0.240 e. The van der Waals surface area contributed by atoms with Crippen molar-refractivity contribution in [2.45, 2.75) is 41.1 Å². The molecule has 10 rings (SSSR count). The molecule has 0 spiro atoms. The number of aromatic nitrogens is 4. The molecule has 1 fully saturated rings. The van der Waals surface area contributed by atoms with Crippen molar-refractivity contribution in [1.29, 1.82) is 0 Å². The SMILES string of the molecule is C[C@@]12SC(c3ccc4ccc5ccc[nH+]c5c4n3)=CC1=C1C(=C3C=C(c4ccc5ccc6ccc[nH+]c6c5n4)S[C@]32C)C(F)(F)C(F)(F)C1(F)F. The zero-order valence-electron chi connectivity index (χ0n) is 26.7. The van der Waals surface area contributed by atoms with Crippen molar-refractivity contribution in [3.05, 3.63) is 131 Å². The minimum atomic E-state index is -5.65. The van der Waals surface area contributed by atoms with E-state index in [4.69, 9.17) is 9.97 Å². The van der Waals surface area contributed by atoms with E-state index >= 15 is 26.3 Å². The van der Waals surface area contributed by atoms with Gasteiger partial charge in [-0.3, -0.25) is 0 Å². The Labute approximate surface area is 294 Å². The highest BCUT2D eigenvalue weighted by molar-refractivity contribution is 8.14. The fraction of sp³-hybridized carbons (Fsp3) is 0.179. The van der Waals surface area contributed by atoms with Crippen LogP contribution in [0.3, 0.4) is 0 Å². The lowest BCUT2D eigenvalue weighted by molar-refractivity contribution is -0.343. The van der Waals surface area contributed by atoms with Crippen molar-refractivity contribution in [3.63, 3.8) is 0 Å². The third-order valence-corrected chi connectivity index (χ3v) is 14.1. The number of aromatic amines is 2. The lowest BCUT2D eigenvalue weighted by atomic mass is 9.71. The fourth-order valence-electron chi connectivity index (χ4n) is 7.99. The predicted octanol–water partition coefficient (Wildman–Crippen LogP) is 9.64. The van der Waals surface area contributed by atoms with Crippen molar-refractivity contribution in [3.8, 4) is 0 Å². The van der Waals surface area contributed by atoms with Crippen LogP contribution in [0.15, 0.2) is 120 Å². The molecule has 2 aliphatic heterocycles. The molecule has 2 N–H and O–H groups in total. The normalized spacial score (nSPS) is 25.8. The molecule has 12 heteroatoms. The number of hydrogen-bond donors (Lipinski definition) is 0. The molecule has 2 aliphatic carbocycles. The monoisotopic (exact) mass is 726 g/mol. The van der Waals surface area contributed by atoms with Gasteiger partial charge in [0.25, 0.3) is 0 Å². The molecule has 252 valence electrons. The van der Waals surface area contributed by atoms with E-state index in [-0.39, 0.29) is 11.1 Å². The Hall–Kier alpha value is -4.68. The fourth-order valence-corrected chi connectivity index (χ4v) is 11.1. The Balaban J connectivity index is 1.19. The van der Waals surface area contributed by atoms with Gasteiger partial charge in [0, 0.05) is 54.6 Å². The first-order valence-electron chi connectivity index (χ1n) is 16.1. The van der Waals surface area contributed by atoms with E-state index < -0.39 is 38.4 Å². The summed E-state index contributed by atoms with van der Waals surface area (Å²) in [5.41, 5.74) is 0.527. The maximum atomic E-state index is 16.0. The van der Waals surface area contributed by atoms with Crippen LogP contribution in [0.4, 0.5) is 26.3 Å². The molecule has 0 amide bonds. The van der Waals surface area contributed by atoms with Gasteiger partial charge < -0.3 is 0 Å². The Morgan fingerprint density at radius 3 is 1.35 bits per heavy atom. The van der Waals surface area contributed by atoms with E-state index in [0.717, 1.165) is 32.6 Å². The summed E-state index contributed by atoms with van der Waals surface area (Å²) in [5, 5.41) is 3.47. The predicted molar refractivity (Wildman–Crippen MR) is 188 cm³/mol. The maximum Gasteiger partial charge on any atom is 0.380 e. The van der Waals surface area contributed by atoms with Gasteiger partial charge in [-0.25, -0.2) is 19.9 Å². The maximum absolute atomic E-state index is 16.0. The van der Waals surface area contributed by atoms with Gasteiger partial charge in [-0.1, -0.05) is 24.3 Å². The Bertz CT molecular complexity index is 2550. The van der Waals surface area contributed by atoms with Crippen LogP contribution < -0.4 is 9.97 Å². The molecule has 2 aromatic carbocycles. The van der Waals surface area contributed by atoms with Crippen LogP contribution in [-0.4, -0.2) is 37.2 Å². The van der Waals surface area contributed by atoms with Gasteiger partial charge in [0.15, 0.2) is 12.4 Å². The third-order valence-electron chi connectivity index (χ3n) is 10.8. The summed E-state index contributed by atoms with van der Waals surface area (Å²) < 4.78 is 91.9. The number of alkyl halides is 6. The number of halogens is 6. The average molecular weight is 727 g/mol. The first-order valence-corrected chi connectivity index (χ1v) is 17.8. The summed E-state index contributed by atoms with van der Waals surface area (Å²) in [6.45, 7) is 3.35. The molecular weight excluding hydrogens is 703 g/mol. The van der Waals surface area contributed by atoms with Gasteiger partial charge in [-0.05, 0) is 73.5 Å². The molecule has 0 bridgehead atoms. The number of allylic oxidation sites excluding steroid dienone is 4. The van der Waals surface area contributed by atoms with Crippen LogP contribution in [0.5, 0.6) is 0 Å². The van der Waals surface area contributed by atoms with Crippen molar-refractivity contribution < 1.29 is 36.3 Å². The van der Waals surface area contributed by atoms with Crippen LogP contribution in [0.2, 0.25) is 0 Å². The molecule has 6 aromatic rings. The largest absolute Gasteiger partial charge is 0.380 e. The number of hydrogen-bond acceptors (Lipinski definition) is 4. The van der Waals surface area contributed by atoms with Crippen molar-refractivity contribution >= 4 is 76.9 Å². The number of H-pyrrole nitrogens is 2. The molecule has 6 heterocycles. The third kappa shape index (κ3) is 3.76. The van der Waals surface area contributed by atoms with Crippen LogP contribution in [0.25, 0.3) is 53.4 Å². The first-order chi connectivity index (χ1) is 24.3. The Morgan fingerprint density at radius 1 is 0.529 bits per heavy atom. The summed E-state index contributed by atoms with van der Waals surface area (Å²) in [5.74, 6) is -15.9. The van der Waals surface area contributed by atoms with Crippen LogP contribution in [0, 0.1) is 0 Å². The van der Waals surface area contributed by atoms with E-state index in [1.165, 1.54) is 35.7 Å². The lowest BCUT2D eigenvalue weighted by Gasteiger charge is -2.47. The summed E-state index contributed by atoms with van der Waals surface area (Å²) in [6.07, 6.45) is 6.27. The highest BCUT2D eigenvalue weighted by atomic mass is 32.2. The molecule has 4 aliphatic rings. The number of fused-ring (bicyclic) bond motifs is 10. The molecule has 4 nitrogen and oxygen atoms in total. The second-order valence-corrected chi connectivity index (χ2v) is 16.4. The number of nitrogens with one attached hydrogen (secondary N) is 2. The molecule has 0 unspecified atom stereocenters. The minimum absolute atomic E-state index is 0.244. The van der Waals surface area contributed by atoms with Crippen LogP contribution in [0.1, 0.15) is 25.2 Å². The number of benzene rings is 2. The van der Waals surface area contributed by atoms with Gasteiger partial charge in [-0.15, -0.1) is 23.5 Å². The molecule has 4 aromatic heterocycles. The molecule has 2 atom stereocenters. The topological polar surface area (TPSA) is 54.1 Å². The Kier molecular flexibility index (Phi) is 5.97. The molecule has 51 heavy (non-hydrogen) atoms. The quantitative estimate of drug-likeness (QED) is 0.132. The van der Waals surface area contributed by atoms with Crippen molar-refractivity contribution in [1.82, 2.24) is 9.97 Å². The van der Waals surface area contributed by atoms with E-state index in [9.17, 15) is 0 Å². The van der Waals surface area contributed by atoms with Crippen LogP contribution in [-0.2, 0) is 0 Å². The van der Waals surface area contributed by atoms with Gasteiger partial charge in [0.1, 0.15) is 11.0 Å². The number of nitrogens with zero attached hydrogens (tertiary/aromatic N) is 2. The van der Waals surface area contributed by atoms with Crippen molar-refractivity contribution in [2.24, 2.45) is 0 Å². The van der Waals surface area contributed by atoms with E-state index in [0.29, 0.717) is 32.2 Å². The average Bonchev–Trinajstić information content (AvgIpc) is 3.71. The molecule has 1 saturated carbocycles. The number of thioether (sulfide) groups is 2. The van der Waals surface area contributed by atoms with E-state index in [1.807, 2.05) is 60.7 Å². The van der Waals surface area contributed by atoms with Crippen LogP contribution >= 0.6 is 23.5 Å². The highest BCUT2D eigenvalue weighted by Gasteiger charge is 2.84. The zero-order chi connectivity index (χ0) is 35.3. The van der Waals surface area contributed by atoms with Crippen molar-refractivity contribution in [2.75, 3.05) is 0 Å². The van der Waals surface area contributed by atoms with Gasteiger partial charge >= 0.3 is 17.8 Å². The standard InChI is InChI=1S/C39H22F6N4S2/c1-35-23(17-27(50-35)25-13-11-21-9-7-19-5-3-15-46-31(19)33(21)48-25)29-30(38(42,43)39(44,45)37(29,40)41)24-18-28(51-36(24,35)2)26-14-12-22-10-8-20-6-4-16-47-32(20)34(22)49-26/h3-18H,1-2H3/p+2/t35-,36-/m1/s1. The highest BCUT2D eigenvalue weighted by Crippen LogP contribution is 2.75. The summed E-state index contributed by atoms with van der Waals surface area (Å²) in [7, 11) is 0. The van der Waals surface area contributed by atoms with Gasteiger partial charge in [0.2, 0.25) is 11.0 Å². The van der Waals surface area contributed by atoms with Gasteiger partial charge in [0.05, 0.1) is 20.9 Å². The summed E-state index contributed by atoms with van der Waals surface area (Å²) in [4.78, 5) is 17.1. The zero-order valence-corrected chi connectivity index (χ0v) is 28.3. The molecule has 0 radical (unpaired) electrons. The summed E-state index contributed by atoms with van der Waals surface area (Å²) in [6, 6.07) is 22.5. The smallest absolute Gasteiger partial charge is 0.240 e. The lowest BCUT2D eigenvalue weighted by Crippen LogP contribution is -2.48. The van der Waals surface area contributed by atoms with E-state index in [1.54, 1.807) is 38.4 Å². The van der Waals surface area contributed by atoms with E-state index in [2.05, 4.69) is 9.97 Å².